The van der Waals surface area contributed by atoms with E-state index in [4.69, 9.17) is 10.6 Å². The summed E-state index contributed by atoms with van der Waals surface area (Å²) in [6.07, 6.45) is 1.24. The average molecular weight is 466 g/mol. The van der Waals surface area contributed by atoms with Crippen LogP contribution in [0.5, 0.6) is 0 Å². The highest BCUT2D eigenvalue weighted by molar-refractivity contribution is 9.10. The molecule has 0 unspecified atom stereocenters. The summed E-state index contributed by atoms with van der Waals surface area (Å²) in [6, 6.07) is 4.29. The number of ether oxygens (including phenoxy) is 1. The van der Waals surface area contributed by atoms with E-state index in [0.717, 1.165) is 16.8 Å². The highest BCUT2D eigenvalue weighted by Gasteiger charge is 2.29. The third-order valence-corrected chi connectivity index (χ3v) is 5.15. The van der Waals surface area contributed by atoms with Crippen LogP contribution in [-0.4, -0.2) is 35.5 Å². The Morgan fingerprint density at radius 3 is 2.97 bits per heavy atom. The Morgan fingerprint density at radius 2 is 2.24 bits per heavy atom. The van der Waals surface area contributed by atoms with E-state index in [-0.39, 0.29) is 36.8 Å². The number of hydrogen-bond donors (Lipinski definition) is 2. The molecule has 1 aromatic heterocycles. The predicted octanol–water partition coefficient (Wildman–Crippen LogP) is 2.79. The van der Waals surface area contributed by atoms with Gasteiger partial charge in [-0.2, -0.15) is 0 Å². The standard InChI is InChI=1S/C19H21BrFN5O3/c1-10-17-15(25-19(22)23-10)9-14(12-6-5-11(21)8-13(12)20)24-18(17)26-29-7-3-4-16(27)28-2/h5-6,8,14H,3-4,7,9H2,1-2H3,(H,24,26)(H2,22,23,25)/t14-/m1/s1. The summed E-state index contributed by atoms with van der Waals surface area (Å²) in [7, 11) is 1.34. The highest BCUT2D eigenvalue weighted by Crippen LogP contribution is 2.31. The van der Waals surface area contributed by atoms with E-state index in [1.54, 1.807) is 6.07 Å². The van der Waals surface area contributed by atoms with E-state index in [1.807, 2.05) is 6.92 Å². The molecular formula is C19H21BrFN5O3. The number of hydrogen-bond acceptors (Lipinski definition) is 7. The zero-order valence-electron chi connectivity index (χ0n) is 16.0. The number of fused-ring (bicyclic) bond motifs is 1. The molecule has 0 saturated carbocycles. The van der Waals surface area contributed by atoms with Crippen molar-refractivity contribution in [1.82, 2.24) is 15.3 Å². The van der Waals surface area contributed by atoms with E-state index in [2.05, 4.69) is 41.1 Å². The van der Waals surface area contributed by atoms with E-state index in [1.165, 1.54) is 19.2 Å². The molecule has 10 heteroatoms. The number of methoxy groups -OCH3 is 1. The van der Waals surface area contributed by atoms with Crippen molar-refractivity contribution in [1.29, 1.82) is 0 Å². The zero-order chi connectivity index (χ0) is 21.0. The Hall–Kier alpha value is -2.75. The second-order valence-electron chi connectivity index (χ2n) is 6.51. The quantitative estimate of drug-likeness (QED) is 0.383. The number of amidine groups is 1. The number of oxime groups is 1. The molecular weight excluding hydrogens is 445 g/mol. The number of aromatic nitrogens is 2. The van der Waals surface area contributed by atoms with Crippen molar-refractivity contribution in [2.45, 2.75) is 32.2 Å². The molecule has 3 N–H and O–H groups in total. The number of esters is 1. The molecule has 1 aliphatic heterocycles. The molecule has 2 aromatic rings. The van der Waals surface area contributed by atoms with Gasteiger partial charge in [0.05, 0.1) is 30.1 Å². The number of nitrogens with two attached hydrogens (primary N) is 1. The minimum Gasteiger partial charge on any atom is -0.469 e. The molecule has 0 fully saturated rings. The Kier molecular flexibility index (Phi) is 6.63. The third kappa shape index (κ3) is 5.00. The number of halogens is 2. The van der Waals surface area contributed by atoms with Crippen molar-refractivity contribution in [3.63, 3.8) is 0 Å². The molecule has 1 atom stereocenters. The maximum Gasteiger partial charge on any atom is 0.305 e. The fraction of sp³-hybridized carbons (Fsp3) is 0.368. The Labute approximate surface area is 175 Å². The van der Waals surface area contributed by atoms with Crippen LogP contribution in [0.1, 0.15) is 41.4 Å². The number of carbonyl (C=O) groups excluding carboxylic acids is 1. The Bertz CT molecular complexity index is 954. The van der Waals surface area contributed by atoms with E-state index >= 15 is 0 Å². The van der Waals surface area contributed by atoms with E-state index < -0.39 is 0 Å². The topological polar surface area (TPSA) is 112 Å². The fourth-order valence-electron chi connectivity index (χ4n) is 3.13. The third-order valence-electron chi connectivity index (χ3n) is 4.47. The smallest absolute Gasteiger partial charge is 0.305 e. The molecule has 0 bridgehead atoms. The first-order valence-corrected chi connectivity index (χ1v) is 9.80. The molecule has 0 aliphatic carbocycles. The van der Waals surface area contributed by atoms with Crippen molar-refractivity contribution in [2.75, 3.05) is 19.5 Å². The van der Waals surface area contributed by atoms with Crippen molar-refractivity contribution in [3.05, 3.63) is 51.0 Å². The van der Waals surface area contributed by atoms with Crippen LogP contribution in [0.3, 0.4) is 0 Å². The second-order valence-corrected chi connectivity index (χ2v) is 7.36. The van der Waals surface area contributed by atoms with Gasteiger partial charge in [0.25, 0.3) is 0 Å². The lowest BCUT2D eigenvalue weighted by Crippen LogP contribution is -2.38. The van der Waals surface area contributed by atoms with Gasteiger partial charge in [-0.05, 0) is 31.0 Å². The van der Waals surface area contributed by atoms with Crippen LogP contribution in [-0.2, 0) is 20.8 Å². The number of anilines is 1. The molecule has 0 saturated heterocycles. The molecule has 1 aromatic carbocycles. The monoisotopic (exact) mass is 465 g/mol. The number of benzene rings is 1. The van der Waals surface area contributed by atoms with Crippen molar-refractivity contribution in [3.8, 4) is 0 Å². The van der Waals surface area contributed by atoms with Gasteiger partial charge in [-0.1, -0.05) is 27.2 Å². The molecule has 154 valence electrons. The maximum atomic E-state index is 13.5. The van der Waals surface area contributed by atoms with Gasteiger partial charge in [0, 0.05) is 17.3 Å². The van der Waals surface area contributed by atoms with Crippen molar-refractivity contribution >= 4 is 33.7 Å². The summed E-state index contributed by atoms with van der Waals surface area (Å²) >= 11 is 3.41. The highest BCUT2D eigenvalue weighted by atomic mass is 79.9. The van der Waals surface area contributed by atoms with Gasteiger partial charge in [-0.25, -0.2) is 14.4 Å². The molecule has 0 amide bonds. The summed E-state index contributed by atoms with van der Waals surface area (Å²) < 4.78 is 18.7. The molecule has 29 heavy (non-hydrogen) atoms. The SMILES string of the molecule is COC(=O)CCCO/N=C1\N[C@@H](c2ccc(F)cc2Br)Cc2nc(N)nc(C)c21. The molecule has 0 spiro atoms. The molecule has 0 radical (unpaired) electrons. The summed E-state index contributed by atoms with van der Waals surface area (Å²) in [5.74, 6) is 0.00636. The summed E-state index contributed by atoms with van der Waals surface area (Å²) in [4.78, 5) is 25.2. The van der Waals surface area contributed by atoms with Crippen molar-refractivity contribution in [2.24, 2.45) is 5.16 Å². The molecule has 8 nitrogen and oxygen atoms in total. The first-order valence-electron chi connectivity index (χ1n) is 9.00. The summed E-state index contributed by atoms with van der Waals surface area (Å²) in [5, 5.41) is 7.52. The fourth-order valence-corrected chi connectivity index (χ4v) is 3.76. The number of nitrogens with one attached hydrogen (secondary N) is 1. The van der Waals surface area contributed by atoms with Gasteiger partial charge in [-0.15, -0.1) is 0 Å². The van der Waals surface area contributed by atoms with Gasteiger partial charge < -0.3 is 20.6 Å². The maximum absolute atomic E-state index is 13.5. The van der Waals surface area contributed by atoms with Crippen LogP contribution in [0.2, 0.25) is 0 Å². The number of carbonyl (C=O) groups is 1. The van der Waals surface area contributed by atoms with Crippen LogP contribution in [0, 0.1) is 12.7 Å². The van der Waals surface area contributed by atoms with Gasteiger partial charge in [0.2, 0.25) is 5.95 Å². The number of nitrogens with zero attached hydrogens (tertiary/aromatic N) is 3. The molecule has 1 aliphatic rings. The van der Waals surface area contributed by atoms with Crippen LogP contribution >= 0.6 is 15.9 Å². The minimum absolute atomic E-state index is 0.179. The van der Waals surface area contributed by atoms with Gasteiger partial charge in [-0.3, -0.25) is 4.79 Å². The van der Waals surface area contributed by atoms with Crippen LogP contribution in [0.15, 0.2) is 27.8 Å². The number of aryl methyl sites for hydroxylation is 1. The average Bonchev–Trinajstić information content (AvgIpc) is 2.66. The first kappa shape index (κ1) is 21.0. The summed E-state index contributed by atoms with van der Waals surface area (Å²) in [6.45, 7) is 2.06. The van der Waals surface area contributed by atoms with Crippen LogP contribution in [0.4, 0.5) is 10.3 Å². The number of rotatable bonds is 6. The lowest BCUT2D eigenvalue weighted by Gasteiger charge is -2.29. The second kappa shape index (κ2) is 9.17. The van der Waals surface area contributed by atoms with Crippen LogP contribution in [0.25, 0.3) is 0 Å². The first-order chi connectivity index (χ1) is 13.9. The van der Waals surface area contributed by atoms with E-state index in [0.29, 0.717) is 28.8 Å². The van der Waals surface area contributed by atoms with Gasteiger partial charge >= 0.3 is 5.97 Å². The minimum atomic E-state index is -0.331. The molecule has 2 heterocycles. The summed E-state index contributed by atoms with van der Waals surface area (Å²) in [5.41, 5.74) is 8.81. The van der Waals surface area contributed by atoms with E-state index in [9.17, 15) is 9.18 Å². The van der Waals surface area contributed by atoms with Gasteiger partial charge in [0.1, 0.15) is 12.4 Å². The Balaban J connectivity index is 1.86. The largest absolute Gasteiger partial charge is 0.469 e. The molecule has 3 rings (SSSR count). The zero-order valence-corrected chi connectivity index (χ0v) is 17.6. The van der Waals surface area contributed by atoms with Crippen molar-refractivity contribution < 1.29 is 18.8 Å². The Morgan fingerprint density at radius 1 is 1.45 bits per heavy atom. The predicted molar refractivity (Wildman–Crippen MR) is 109 cm³/mol. The normalized spacial score (nSPS) is 16.8. The van der Waals surface area contributed by atoms with Crippen LogP contribution < -0.4 is 11.1 Å². The van der Waals surface area contributed by atoms with Gasteiger partial charge in [0.15, 0.2) is 5.84 Å². The number of nitrogen functional groups attached to an aromatic ring is 1. The lowest BCUT2D eigenvalue weighted by molar-refractivity contribution is -0.141. The lowest BCUT2D eigenvalue weighted by atomic mass is 9.94.